The zero-order valence-corrected chi connectivity index (χ0v) is 15.1. The second-order valence-corrected chi connectivity index (χ2v) is 8.06. The molecular weight excluding hydrogens is 370 g/mol. The molecule has 0 amide bonds. The number of primary sulfonamides is 1. The molecule has 9 nitrogen and oxygen atoms in total. The molecule has 10 heteroatoms. The van der Waals surface area contributed by atoms with E-state index in [1.807, 2.05) is 0 Å². The van der Waals surface area contributed by atoms with Crippen LogP contribution in [0.2, 0.25) is 0 Å². The lowest BCUT2D eigenvalue weighted by molar-refractivity contribution is -0.672. The smallest absolute Gasteiger partial charge is 0.461 e. The average molecular weight is 387 g/mol. The van der Waals surface area contributed by atoms with Gasteiger partial charge in [-0.15, -0.1) is 0 Å². The maximum Gasteiger partial charge on any atom is 0.461 e. The first kappa shape index (κ1) is 17.4. The summed E-state index contributed by atoms with van der Waals surface area (Å²) in [6, 6.07) is 9.39. The van der Waals surface area contributed by atoms with E-state index in [4.69, 9.17) is 5.14 Å². The number of nitrogens with one attached hydrogen (secondary N) is 1. The fourth-order valence-electron chi connectivity index (χ4n) is 3.29. The third-order valence-electron chi connectivity index (χ3n) is 4.69. The predicted octanol–water partition coefficient (Wildman–Crippen LogP) is 0.250. The maximum absolute atomic E-state index is 12.6. The Balaban J connectivity index is 1.62. The zero-order chi connectivity index (χ0) is 19.2. The third kappa shape index (κ3) is 3.24. The van der Waals surface area contributed by atoms with Crippen molar-refractivity contribution < 1.29 is 18.0 Å². The quantitative estimate of drug-likeness (QED) is 0.486. The summed E-state index contributed by atoms with van der Waals surface area (Å²) in [5, 5.41) is 36.6. The molecule has 0 saturated carbocycles. The Kier molecular flexibility index (Phi) is 4.08. The van der Waals surface area contributed by atoms with Crippen molar-refractivity contribution in [2.75, 3.05) is 5.32 Å². The summed E-state index contributed by atoms with van der Waals surface area (Å²) in [6.45, 7) is 0.191. The number of benzene rings is 2. The van der Waals surface area contributed by atoms with Crippen molar-refractivity contribution in [3.8, 4) is 0 Å². The van der Waals surface area contributed by atoms with Gasteiger partial charge in [-0.2, -0.15) is 0 Å². The Morgan fingerprint density at radius 3 is 2.33 bits per heavy atom. The molecular formula is C17H17N5O4S. The van der Waals surface area contributed by atoms with Gasteiger partial charge in [-0.3, -0.25) is 5.32 Å². The van der Waals surface area contributed by atoms with E-state index in [1.165, 1.54) is 12.1 Å². The number of hydrogen-bond donors (Lipinski definition) is 2. The van der Waals surface area contributed by atoms with Crippen LogP contribution < -0.4 is 20.0 Å². The Labute approximate surface area is 155 Å². The van der Waals surface area contributed by atoms with Gasteiger partial charge in [0.25, 0.3) is 5.52 Å². The van der Waals surface area contributed by atoms with Crippen LogP contribution in [0, 0.1) is 10.4 Å². The van der Waals surface area contributed by atoms with Crippen LogP contribution in [0.3, 0.4) is 0 Å². The minimum Gasteiger partial charge on any atom is -0.739 e. The van der Waals surface area contributed by atoms with Crippen LogP contribution in [0.4, 0.5) is 5.95 Å². The summed E-state index contributed by atoms with van der Waals surface area (Å²) in [6.07, 6.45) is 2.81. The Hall–Kier alpha value is -2.98. The van der Waals surface area contributed by atoms with Crippen LogP contribution >= 0.6 is 0 Å². The van der Waals surface area contributed by atoms with E-state index in [0.717, 1.165) is 30.4 Å². The second kappa shape index (κ2) is 6.32. The summed E-state index contributed by atoms with van der Waals surface area (Å²) in [7, 11) is -3.76. The number of anilines is 1. The van der Waals surface area contributed by atoms with Crippen molar-refractivity contribution in [1.29, 1.82) is 0 Å². The van der Waals surface area contributed by atoms with Gasteiger partial charge in [-0.25, -0.2) is 18.3 Å². The molecule has 1 aliphatic carbocycles. The van der Waals surface area contributed by atoms with E-state index < -0.39 is 10.0 Å². The summed E-state index contributed by atoms with van der Waals surface area (Å²) in [4.78, 5) is 0.453. The lowest BCUT2D eigenvalue weighted by Crippen LogP contribution is -2.44. The Morgan fingerprint density at radius 2 is 1.70 bits per heavy atom. The summed E-state index contributed by atoms with van der Waals surface area (Å²) < 4.78 is 23.2. The van der Waals surface area contributed by atoms with E-state index in [1.54, 1.807) is 24.3 Å². The van der Waals surface area contributed by atoms with E-state index in [-0.39, 0.29) is 28.4 Å². The van der Waals surface area contributed by atoms with Crippen molar-refractivity contribution in [3.63, 3.8) is 0 Å². The van der Waals surface area contributed by atoms with Crippen molar-refractivity contribution in [1.82, 2.24) is 5.10 Å². The van der Waals surface area contributed by atoms with Gasteiger partial charge >= 0.3 is 5.95 Å². The summed E-state index contributed by atoms with van der Waals surface area (Å²) in [5.41, 5.74) is 3.39. The number of nitrogens with zero attached hydrogens (tertiary/aromatic N) is 3. The topological polar surface area (TPSA) is 139 Å². The van der Waals surface area contributed by atoms with Crippen molar-refractivity contribution in [2.24, 2.45) is 5.14 Å². The first-order valence-electron chi connectivity index (χ1n) is 8.37. The Morgan fingerprint density at radius 1 is 1.07 bits per heavy atom. The van der Waals surface area contributed by atoms with E-state index >= 15 is 0 Å². The standard InChI is InChI=1S/C17H17N5O4S/c18-27(25,26)14-6-4-11(5-7-14)10-19-17-20-22(24)16-9-13-3-1-2-12(13)8-15(16)21(17)23/h4-9H,1-3,10H2,(H,19,20)(H2,18,25,26). The van der Waals surface area contributed by atoms with Crippen LogP contribution in [-0.2, 0) is 29.4 Å². The Bertz CT molecular complexity index is 1150. The van der Waals surface area contributed by atoms with Gasteiger partial charge in [-0.05, 0) is 54.2 Å². The molecule has 2 aromatic carbocycles. The number of nitrogens with two attached hydrogens (primary N) is 1. The highest BCUT2D eigenvalue weighted by Crippen LogP contribution is 2.24. The van der Waals surface area contributed by atoms with Crippen LogP contribution in [0.5, 0.6) is 0 Å². The summed E-state index contributed by atoms with van der Waals surface area (Å²) >= 11 is 0. The molecule has 0 unspecified atom stereocenters. The number of sulfonamides is 1. The SMILES string of the molecule is NS(=O)(=O)c1ccc(CNc2n[n+]([O-])c3cc4c(cc3[n+]2[O-])CCC4)cc1. The number of hydrogen-bond acceptors (Lipinski definition) is 6. The molecule has 0 bridgehead atoms. The summed E-state index contributed by atoms with van der Waals surface area (Å²) in [5.74, 6) is -0.119. The van der Waals surface area contributed by atoms with Crippen molar-refractivity contribution >= 4 is 27.0 Å². The molecule has 0 atom stereocenters. The van der Waals surface area contributed by atoms with Gasteiger partial charge in [0.2, 0.25) is 15.1 Å². The fourth-order valence-corrected chi connectivity index (χ4v) is 3.81. The molecule has 0 aliphatic heterocycles. The maximum atomic E-state index is 12.6. The van der Waals surface area contributed by atoms with E-state index in [2.05, 4.69) is 10.4 Å². The molecule has 0 fully saturated rings. The highest BCUT2D eigenvalue weighted by molar-refractivity contribution is 7.89. The first-order valence-corrected chi connectivity index (χ1v) is 9.92. The van der Waals surface area contributed by atoms with Crippen LogP contribution in [0.15, 0.2) is 41.3 Å². The minimum absolute atomic E-state index is 0.000208. The van der Waals surface area contributed by atoms with Crippen LogP contribution in [0.1, 0.15) is 23.1 Å². The van der Waals surface area contributed by atoms with Gasteiger partial charge in [0.05, 0.1) is 11.4 Å². The number of fused-ring (bicyclic) bond motifs is 2. The van der Waals surface area contributed by atoms with Crippen LogP contribution in [-0.4, -0.2) is 13.5 Å². The molecule has 1 heterocycles. The molecule has 27 heavy (non-hydrogen) atoms. The molecule has 0 spiro atoms. The highest BCUT2D eigenvalue weighted by Gasteiger charge is 2.23. The molecule has 1 aromatic heterocycles. The molecule has 3 aromatic rings. The average Bonchev–Trinajstić information content (AvgIpc) is 3.09. The lowest BCUT2D eigenvalue weighted by Gasteiger charge is -2.11. The molecule has 3 N–H and O–H groups in total. The van der Waals surface area contributed by atoms with Crippen molar-refractivity contribution in [2.45, 2.75) is 30.7 Å². The third-order valence-corrected chi connectivity index (χ3v) is 5.62. The first-order chi connectivity index (χ1) is 12.8. The highest BCUT2D eigenvalue weighted by atomic mass is 32.2. The monoisotopic (exact) mass is 387 g/mol. The number of aromatic nitrogens is 3. The normalized spacial score (nSPS) is 13.7. The molecule has 0 saturated heterocycles. The number of aryl methyl sites for hydroxylation is 2. The van der Waals surface area contributed by atoms with Gasteiger partial charge in [-0.1, -0.05) is 12.1 Å². The molecule has 140 valence electrons. The predicted molar refractivity (Wildman–Crippen MR) is 96.8 cm³/mol. The van der Waals surface area contributed by atoms with Crippen molar-refractivity contribution in [3.05, 3.63) is 63.5 Å². The van der Waals surface area contributed by atoms with Gasteiger partial charge in [0, 0.05) is 10.9 Å². The largest absolute Gasteiger partial charge is 0.739 e. The van der Waals surface area contributed by atoms with Gasteiger partial charge < -0.3 is 10.4 Å². The lowest BCUT2D eigenvalue weighted by atomic mass is 10.1. The number of rotatable bonds is 4. The molecule has 0 radical (unpaired) electrons. The van der Waals surface area contributed by atoms with E-state index in [9.17, 15) is 18.8 Å². The van der Waals surface area contributed by atoms with Gasteiger partial charge in [0.1, 0.15) is 0 Å². The van der Waals surface area contributed by atoms with E-state index in [0.29, 0.717) is 15.1 Å². The minimum atomic E-state index is -3.76. The van der Waals surface area contributed by atoms with Crippen LogP contribution in [0.25, 0.3) is 11.0 Å². The van der Waals surface area contributed by atoms with Gasteiger partial charge in [0.15, 0.2) is 5.52 Å². The molecule has 1 aliphatic rings. The zero-order valence-electron chi connectivity index (χ0n) is 14.3. The fraction of sp³-hybridized carbons (Fsp3) is 0.235. The molecule has 4 rings (SSSR count). The second-order valence-electron chi connectivity index (χ2n) is 6.50.